The number of benzene rings is 1. The number of carbonyl (C=O) groups excluding carboxylic acids is 2. The number of anilines is 1. The van der Waals surface area contributed by atoms with Gasteiger partial charge in [-0.3, -0.25) is 14.0 Å². The normalized spacial score (nSPS) is 14.7. The summed E-state index contributed by atoms with van der Waals surface area (Å²) in [6.45, 7) is 0.865. The molecule has 0 saturated carbocycles. The van der Waals surface area contributed by atoms with E-state index in [2.05, 4.69) is 9.97 Å². The summed E-state index contributed by atoms with van der Waals surface area (Å²) in [7, 11) is 1.58. The zero-order chi connectivity index (χ0) is 18.1. The molecule has 8 nitrogen and oxygen atoms in total. The van der Waals surface area contributed by atoms with Gasteiger partial charge in [0.1, 0.15) is 18.0 Å². The van der Waals surface area contributed by atoms with Crippen LogP contribution in [0.1, 0.15) is 10.5 Å². The maximum atomic E-state index is 12.7. The Balaban J connectivity index is 1.51. The largest absolute Gasteiger partial charge is 0.497 e. The Morgan fingerprint density at radius 2 is 2.12 bits per heavy atom. The Labute approximate surface area is 149 Å². The number of hydrogen-bond donors (Lipinski definition) is 0. The predicted octanol–water partition coefficient (Wildman–Crippen LogP) is 1.23. The van der Waals surface area contributed by atoms with Crippen molar-refractivity contribution in [3.8, 4) is 5.75 Å². The zero-order valence-corrected chi connectivity index (χ0v) is 14.2. The van der Waals surface area contributed by atoms with Crippen molar-refractivity contribution in [1.82, 2.24) is 19.3 Å². The van der Waals surface area contributed by atoms with Crippen LogP contribution < -0.4 is 9.64 Å². The molecule has 1 aliphatic rings. The van der Waals surface area contributed by atoms with Gasteiger partial charge in [0, 0.05) is 43.4 Å². The number of carbonyl (C=O) groups is 2. The van der Waals surface area contributed by atoms with Gasteiger partial charge in [-0.2, -0.15) is 0 Å². The van der Waals surface area contributed by atoms with Gasteiger partial charge in [0.15, 0.2) is 0 Å². The van der Waals surface area contributed by atoms with E-state index in [1.54, 1.807) is 41.1 Å². The molecule has 0 N–H and O–H groups in total. The molecule has 0 spiro atoms. The van der Waals surface area contributed by atoms with E-state index in [-0.39, 0.29) is 24.1 Å². The summed E-state index contributed by atoms with van der Waals surface area (Å²) in [6, 6.07) is 9.09. The summed E-state index contributed by atoms with van der Waals surface area (Å²) in [5.41, 5.74) is 1.05. The molecule has 0 unspecified atom stereocenters. The number of piperazine rings is 1. The Kier molecular flexibility index (Phi) is 4.00. The lowest BCUT2D eigenvalue weighted by Gasteiger charge is -2.34. The number of methoxy groups -OCH3 is 1. The molecule has 4 rings (SSSR count). The monoisotopic (exact) mass is 351 g/mol. The molecular formula is C18H17N5O3. The van der Waals surface area contributed by atoms with Crippen LogP contribution in [0, 0.1) is 0 Å². The molecule has 0 aliphatic carbocycles. The molecule has 2 aromatic heterocycles. The molecule has 3 aromatic rings. The Hall–Kier alpha value is -3.42. The minimum absolute atomic E-state index is 0.0113. The minimum atomic E-state index is -0.269. The van der Waals surface area contributed by atoms with E-state index in [0.717, 1.165) is 5.69 Å². The van der Waals surface area contributed by atoms with E-state index in [1.807, 2.05) is 24.3 Å². The van der Waals surface area contributed by atoms with Crippen LogP contribution in [0.25, 0.3) is 5.78 Å². The highest BCUT2D eigenvalue weighted by Gasteiger charge is 2.29. The number of fused-ring (bicyclic) bond motifs is 1. The molecule has 0 bridgehead atoms. The molecule has 1 aliphatic heterocycles. The quantitative estimate of drug-likeness (QED) is 0.709. The van der Waals surface area contributed by atoms with Gasteiger partial charge >= 0.3 is 0 Å². The van der Waals surface area contributed by atoms with E-state index < -0.39 is 0 Å². The third-order valence-corrected chi connectivity index (χ3v) is 4.33. The van der Waals surface area contributed by atoms with Crippen molar-refractivity contribution in [1.29, 1.82) is 0 Å². The van der Waals surface area contributed by atoms with Crippen LogP contribution in [-0.2, 0) is 4.79 Å². The predicted molar refractivity (Wildman–Crippen MR) is 94.2 cm³/mol. The first-order chi connectivity index (χ1) is 12.7. The third-order valence-electron chi connectivity index (χ3n) is 4.33. The first-order valence-corrected chi connectivity index (χ1v) is 8.19. The average Bonchev–Trinajstić information content (AvgIpc) is 3.11. The molecule has 8 heteroatoms. The minimum Gasteiger partial charge on any atom is -0.497 e. The summed E-state index contributed by atoms with van der Waals surface area (Å²) < 4.78 is 6.89. The highest BCUT2D eigenvalue weighted by atomic mass is 16.5. The number of amides is 2. The lowest BCUT2D eigenvalue weighted by atomic mass is 10.2. The Morgan fingerprint density at radius 1 is 1.23 bits per heavy atom. The maximum absolute atomic E-state index is 12.7. The first kappa shape index (κ1) is 16.1. The first-order valence-electron chi connectivity index (χ1n) is 8.19. The van der Waals surface area contributed by atoms with Gasteiger partial charge in [-0.15, -0.1) is 0 Å². The standard InChI is InChI=1S/C18H17N5O3/c1-26-14-5-2-4-13(10-14)23-9-8-21(12-16(23)24)17(25)15-11-22-7-3-6-19-18(22)20-15/h2-7,10-11H,8-9,12H2,1H3. The molecular weight excluding hydrogens is 334 g/mol. The van der Waals surface area contributed by atoms with Crippen LogP contribution in [0.5, 0.6) is 5.75 Å². The van der Waals surface area contributed by atoms with Crippen molar-refractivity contribution in [3.63, 3.8) is 0 Å². The molecule has 1 fully saturated rings. The summed E-state index contributed by atoms with van der Waals surface area (Å²) in [5, 5.41) is 0. The van der Waals surface area contributed by atoms with Crippen molar-refractivity contribution in [2.24, 2.45) is 0 Å². The van der Waals surface area contributed by atoms with Gasteiger partial charge in [-0.25, -0.2) is 9.97 Å². The Morgan fingerprint density at radius 3 is 2.88 bits per heavy atom. The number of imidazole rings is 1. The molecule has 1 saturated heterocycles. The van der Waals surface area contributed by atoms with Crippen LogP contribution in [0.15, 0.2) is 48.9 Å². The van der Waals surface area contributed by atoms with Crippen molar-refractivity contribution in [3.05, 3.63) is 54.6 Å². The molecule has 3 heterocycles. The van der Waals surface area contributed by atoms with Gasteiger partial charge in [-0.1, -0.05) is 6.07 Å². The fourth-order valence-corrected chi connectivity index (χ4v) is 2.99. The van der Waals surface area contributed by atoms with Crippen LogP contribution in [-0.4, -0.2) is 57.8 Å². The fourth-order valence-electron chi connectivity index (χ4n) is 2.99. The fraction of sp³-hybridized carbons (Fsp3) is 0.222. The maximum Gasteiger partial charge on any atom is 0.274 e. The van der Waals surface area contributed by atoms with Gasteiger partial charge in [-0.05, 0) is 18.2 Å². The lowest BCUT2D eigenvalue weighted by Crippen LogP contribution is -2.52. The van der Waals surface area contributed by atoms with Crippen molar-refractivity contribution in [2.45, 2.75) is 0 Å². The number of aromatic nitrogens is 3. The second kappa shape index (κ2) is 6.47. The molecule has 0 atom stereocenters. The summed E-state index contributed by atoms with van der Waals surface area (Å²) in [6.07, 6.45) is 5.02. The average molecular weight is 351 g/mol. The van der Waals surface area contributed by atoms with Gasteiger partial charge < -0.3 is 14.5 Å². The van der Waals surface area contributed by atoms with Crippen molar-refractivity contribution < 1.29 is 14.3 Å². The number of ether oxygens (including phenoxy) is 1. The highest BCUT2D eigenvalue weighted by Crippen LogP contribution is 2.23. The van der Waals surface area contributed by atoms with E-state index in [1.165, 1.54) is 4.90 Å². The van der Waals surface area contributed by atoms with E-state index in [9.17, 15) is 9.59 Å². The topological polar surface area (TPSA) is 80.0 Å². The van der Waals surface area contributed by atoms with Crippen molar-refractivity contribution >= 4 is 23.3 Å². The van der Waals surface area contributed by atoms with Crippen molar-refractivity contribution in [2.75, 3.05) is 31.6 Å². The molecule has 1 aromatic carbocycles. The zero-order valence-electron chi connectivity index (χ0n) is 14.2. The second-order valence-electron chi connectivity index (χ2n) is 5.93. The van der Waals surface area contributed by atoms with Crippen LogP contribution in [0.3, 0.4) is 0 Å². The molecule has 26 heavy (non-hydrogen) atoms. The Bertz CT molecular complexity index is 951. The van der Waals surface area contributed by atoms with Crippen LogP contribution in [0.2, 0.25) is 0 Å². The van der Waals surface area contributed by atoms with E-state index in [0.29, 0.717) is 24.6 Å². The summed E-state index contributed by atoms with van der Waals surface area (Å²) >= 11 is 0. The SMILES string of the molecule is COc1cccc(N2CCN(C(=O)c3cn4cccnc4n3)CC2=O)c1. The van der Waals surface area contributed by atoms with Crippen LogP contribution >= 0.6 is 0 Å². The molecule has 0 radical (unpaired) electrons. The lowest BCUT2D eigenvalue weighted by molar-refractivity contribution is -0.120. The van der Waals surface area contributed by atoms with Gasteiger partial charge in [0.05, 0.1) is 7.11 Å². The van der Waals surface area contributed by atoms with E-state index >= 15 is 0 Å². The number of hydrogen-bond acceptors (Lipinski definition) is 5. The van der Waals surface area contributed by atoms with E-state index in [4.69, 9.17) is 4.74 Å². The highest BCUT2D eigenvalue weighted by molar-refractivity contribution is 6.01. The van der Waals surface area contributed by atoms with Gasteiger partial charge in [0.2, 0.25) is 11.7 Å². The smallest absolute Gasteiger partial charge is 0.274 e. The number of nitrogens with zero attached hydrogens (tertiary/aromatic N) is 5. The van der Waals surface area contributed by atoms with Gasteiger partial charge in [0.25, 0.3) is 5.91 Å². The third kappa shape index (κ3) is 2.85. The molecule has 132 valence electrons. The van der Waals surface area contributed by atoms with Crippen LogP contribution in [0.4, 0.5) is 5.69 Å². The second-order valence-corrected chi connectivity index (χ2v) is 5.93. The number of rotatable bonds is 3. The molecule has 2 amide bonds. The summed E-state index contributed by atoms with van der Waals surface area (Å²) in [5.74, 6) is 0.733. The summed E-state index contributed by atoms with van der Waals surface area (Å²) in [4.78, 5) is 36.8.